The Balaban J connectivity index is 1.61. The van der Waals surface area contributed by atoms with Crippen molar-refractivity contribution in [1.82, 2.24) is 15.2 Å². The topological polar surface area (TPSA) is 50.8 Å². The Bertz CT molecular complexity index is 432. The molecule has 0 amide bonds. The van der Waals surface area contributed by atoms with Crippen molar-refractivity contribution >= 4 is 23.4 Å². The summed E-state index contributed by atoms with van der Waals surface area (Å²) in [6, 6.07) is 7.37. The second-order valence-electron chi connectivity index (χ2n) is 3.30. The minimum atomic E-state index is 0.683. The molecule has 1 N–H and O–H groups in total. The maximum Gasteiger partial charge on any atom is 0.183 e. The molecule has 90 valence electrons. The largest absolute Gasteiger partial charge is 0.494 e. The van der Waals surface area contributed by atoms with Gasteiger partial charge in [0.1, 0.15) is 12.1 Å². The van der Waals surface area contributed by atoms with E-state index in [1.165, 1.54) is 6.33 Å². The standard InChI is InChI=1S/C11H12ClN3OS/c12-9-2-4-10(5-3-9)16-6-1-7-17-11-13-8-14-15-11/h2-5,8H,1,6-7H2,(H,13,14,15). The van der Waals surface area contributed by atoms with Gasteiger partial charge in [-0.15, -0.1) is 0 Å². The highest BCUT2D eigenvalue weighted by molar-refractivity contribution is 7.99. The van der Waals surface area contributed by atoms with Crippen molar-refractivity contribution in [3.05, 3.63) is 35.6 Å². The molecular weight excluding hydrogens is 258 g/mol. The zero-order chi connectivity index (χ0) is 11.9. The lowest BCUT2D eigenvalue weighted by Crippen LogP contribution is -1.98. The number of thioether (sulfide) groups is 1. The van der Waals surface area contributed by atoms with Crippen LogP contribution < -0.4 is 4.74 Å². The summed E-state index contributed by atoms with van der Waals surface area (Å²) in [4.78, 5) is 4.02. The predicted molar refractivity (Wildman–Crippen MR) is 68.7 cm³/mol. The molecule has 4 nitrogen and oxygen atoms in total. The van der Waals surface area contributed by atoms with Crippen molar-refractivity contribution in [2.45, 2.75) is 11.6 Å². The molecule has 0 radical (unpaired) electrons. The molecule has 0 bridgehead atoms. The summed E-state index contributed by atoms with van der Waals surface area (Å²) in [5.74, 6) is 1.79. The Morgan fingerprint density at radius 2 is 2.12 bits per heavy atom. The Labute approximate surface area is 109 Å². The van der Waals surface area contributed by atoms with Gasteiger partial charge in [-0.05, 0) is 30.7 Å². The van der Waals surface area contributed by atoms with E-state index in [1.54, 1.807) is 11.8 Å². The van der Waals surface area contributed by atoms with Crippen LogP contribution in [-0.4, -0.2) is 27.5 Å². The molecule has 0 spiro atoms. The summed E-state index contributed by atoms with van der Waals surface area (Å²) >= 11 is 7.41. The first kappa shape index (κ1) is 12.3. The Hall–Kier alpha value is -1.20. The van der Waals surface area contributed by atoms with Crippen LogP contribution in [0.2, 0.25) is 5.02 Å². The van der Waals surface area contributed by atoms with E-state index in [0.29, 0.717) is 6.61 Å². The van der Waals surface area contributed by atoms with Crippen molar-refractivity contribution < 1.29 is 4.74 Å². The van der Waals surface area contributed by atoms with Gasteiger partial charge in [0.2, 0.25) is 0 Å². The third-order valence-electron chi connectivity index (χ3n) is 2.00. The van der Waals surface area contributed by atoms with E-state index in [1.807, 2.05) is 24.3 Å². The molecule has 2 aromatic rings. The molecular formula is C11H12ClN3OS. The van der Waals surface area contributed by atoms with Crippen molar-refractivity contribution in [2.24, 2.45) is 0 Å². The normalized spacial score (nSPS) is 10.4. The van der Waals surface area contributed by atoms with E-state index in [9.17, 15) is 0 Å². The van der Waals surface area contributed by atoms with Crippen LogP contribution in [0.1, 0.15) is 6.42 Å². The fourth-order valence-electron chi connectivity index (χ4n) is 1.21. The quantitative estimate of drug-likeness (QED) is 0.647. The van der Waals surface area contributed by atoms with E-state index < -0.39 is 0 Å². The van der Waals surface area contributed by atoms with Gasteiger partial charge in [0.15, 0.2) is 5.16 Å². The van der Waals surface area contributed by atoms with Crippen molar-refractivity contribution in [3.63, 3.8) is 0 Å². The zero-order valence-electron chi connectivity index (χ0n) is 9.10. The second kappa shape index (κ2) is 6.51. The van der Waals surface area contributed by atoms with Crippen molar-refractivity contribution in [2.75, 3.05) is 12.4 Å². The molecule has 0 unspecified atom stereocenters. The number of ether oxygens (including phenoxy) is 1. The molecule has 1 aromatic heterocycles. The Kier molecular flexibility index (Phi) is 4.70. The van der Waals surface area contributed by atoms with Gasteiger partial charge >= 0.3 is 0 Å². The van der Waals surface area contributed by atoms with E-state index in [2.05, 4.69) is 15.2 Å². The van der Waals surface area contributed by atoms with Gasteiger partial charge < -0.3 is 4.74 Å². The lowest BCUT2D eigenvalue weighted by Gasteiger charge is -2.05. The molecule has 0 aliphatic heterocycles. The van der Waals surface area contributed by atoms with Gasteiger partial charge in [0.05, 0.1) is 6.61 Å². The van der Waals surface area contributed by atoms with E-state index in [-0.39, 0.29) is 0 Å². The average Bonchev–Trinajstić information content (AvgIpc) is 2.84. The molecule has 0 aliphatic rings. The maximum atomic E-state index is 5.78. The van der Waals surface area contributed by atoms with Gasteiger partial charge in [-0.3, -0.25) is 5.10 Å². The molecule has 1 heterocycles. The van der Waals surface area contributed by atoms with Gasteiger partial charge in [0.25, 0.3) is 0 Å². The third-order valence-corrected chi connectivity index (χ3v) is 3.22. The van der Waals surface area contributed by atoms with Crippen LogP contribution in [0.3, 0.4) is 0 Å². The number of aromatic amines is 1. The van der Waals surface area contributed by atoms with Gasteiger partial charge in [-0.1, -0.05) is 23.4 Å². The summed E-state index contributed by atoms with van der Waals surface area (Å²) < 4.78 is 5.56. The smallest absolute Gasteiger partial charge is 0.183 e. The Morgan fingerprint density at radius 1 is 1.29 bits per heavy atom. The summed E-state index contributed by atoms with van der Waals surface area (Å²) in [5, 5.41) is 8.14. The van der Waals surface area contributed by atoms with Crippen LogP contribution in [0.5, 0.6) is 5.75 Å². The van der Waals surface area contributed by atoms with Crippen molar-refractivity contribution in [1.29, 1.82) is 0 Å². The molecule has 0 aliphatic carbocycles. The highest BCUT2D eigenvalue weighted by Gasteiger charge is 1.97. The van der Waals surface area contributed by atoms with Crippen LogP contribution in [0, 0.1) is 0 Å². The van der Waals surface area contributed by atoms with E-state index in [4.69, 9.17) is 16.3 Å². The number of halogens is 1. The number of aromatic nitrogens is 3. The number of rotatable bonds is 6. The maximum absolute atomic E-state index is 5.78. The van der Waals surface area contributed by atoms with Gasteiger partial charge in [-0.25, -0.2) is 4.98 Å². The summed E-state index contributed by atoms with van der Waals surface area (Å²) in [7, 11) is 0. The molecule has 2 rings (SSSR count). The van der Waals surface area contributed by atoms with Gasteiger partial charge in [0, 0.05) is 10.8 Å². The van der Waals surface area contributed by atoms with Crippen molar-refractivity contribution in [3.8, 4) is 5.75 Å². The molecule has 0 fully saturated rings. The lowest BCUT2D eigenvalue weighted by atomic mass is 10.3. The zero-order valence-corrected chi connectivity index (χ0v) is 10.7. The van der Waals surface area contributed by atoms with Crippen LogP contribution >= 0.6 is 23.4 Å². The number of nitrogens with zero attached hydrogens (tertiary/aromatic N) is 2. The molecule has 0 atom stereocenters. The first-order valence-electron chi connectivity index (χ1n) is 5.21. The average molecular weight is 270 g/mol. The molecule has 1 aromatic carbocycles. The summed E-state index contributed by atoms with van der Waals surface area (Å²) in [5.41, 5.74) is 0. The van der Waals surface area contributed by atoms with Crippen LogP contribution in [-0.2, 0) is 0 Å². The number of hydrogen-bond donors (Lipinski definition) is 1. The Morgan fingerprint density at radius 3 is 2.82 bits per heavy atom. The van der Waals surface area contributed by atoms with Gasteiger partial charge in [-0.2, -0.15) is 5.10 Å². The minimum absolute atomic E-state index is 0.683. The first-order valence-corrected chi connectivity index (χ1v) is 6.57. The minimum Gasteiger partial charge on any atom is -0.494 e. The SMILES string of the molecule is Clc1ccc(OCCCSc2ncn[nH]2)cc1. The highest BCUT2D eigenvalue weighted by Crippen LogP contribution is 2.16. The van der Waals surface area contributed by atoms with Crippen LogP contribution in [0.4, 0.5) is 0 Å². The van der Waals surface area contributed by atoms with E-state index >= 15 is 0 Å². The number of hydrogen-bond acceptors (Lipinski definition) is 4. The fourth-order valence-corrected chi connectivity index (χ4v) is 2.03. The van der Waals surface area contributed by atoms with Crippen LogP contribution in [0.25, 0.3) is 0 Å². The number of nitrogens with one attached hydrogen (secondary N) is 1. The number of H-pyrrole nitrogens is 1. The van der Waals surface area contributed by atoms with Crippen LogP contribution in [0.15, 0.2) is 35.7 Å². The fraction of sp³-hybridized carbons (Fsp3) is 0.273. The monoisotopic (exact) mass is 269 g/mol. The summed E-state index contributed by atoms with van der Waals surface area (Å²) in [6.07, 6.45) is 2.46. The second-order valence-corrected chi connectivity index (χ2v) is 4.82. The van der Waals surface area contributed by atoms with E-state index in [0.717, 1.165) is 28.1 Å². The molecule has 17 heavy (non-hydrogen) atoms. The molecule has 0 saturated carbocycles. The third kappa shape index (κ3) is 4.28. The predicted octanol–water partition coefficient (Wildman–Crippen LogP) is 3.02. The molecule has 0 saturated heterocycles. The number of benzene rings is 1. The molecule has 6 heteroatoms. The highest BCUT2D eigenvalue weighted by atomic mass is 35.5. The summed E-state index contributed by atoms with van der Waals surface area (Å²) in [6.45, 7) is 0.683. The lowest BCUT2D eigenvalue weighted by molar-refractivity contribution is 0.318. The first-order chi connectivity index (χ1) is 8.34.